The van der Waals surface area contributed by atoms with Crippen LogP contribution in [0.3, 0.4) is 0 Å². The van der Waals surface area contributed by atoms with Crippen molar-refractivity contribution >= 4 is 28.9 Å². The second-order valence-electron chi connectivity index (χ2n) is 4.96. The molecule has 0 bridgehead atoms. The Balaban J connectivity index is 1.97. The number of aryl methyl sites for hydroxylation is 1. The molecule has 2 aromatic carbocycles. The SMILES string of the molecule is Nc1ccc2c(c1)N(C(=O)c1ccc(Cl)cc1)CCC2. The summed E-state index contributed by atoms with van der Waals surface area (Å²) < 4.78 is 0. The molecule has 0 saturated carbocycles. The van der Waals surface area contributed by atoms with E-state index < -0.39 is 0 Å². The van der Waals surface area contributed by atoms with Gasteiger partial charge >= 0.3 is 0 Å². The van der Waals surface area contributed by atoms with Gasteiger partial charge in [0, 0.05) is 28.5 Å². The van der Waals surface area contributed by atoms with Gasteiger partial charge in [0.1, 0.15) is 0 Å². The monoisotopic (exact) mass is 286 g/mol. The molecule has 0 unspecified atom stereocenters. The predicted octanol–water partition coefficient (Wildman–Crippen LogP) is 3.52. The Labute approximate surface area is 123 Å². The maximum Gasteiger partial charge on any atom is 0.258 e. The van der Waals surface area contributed by atoms with Gasteiger partial charge in [-0.2, -0.15) is 0 Å². The summed E-state index contributed by atoms with van der Waals surface area (Å²) >= 11 is 5.86. The number of hydrogen-bond donors (Lipinski definition) is 1. The van der Waals surface area contributed by atoms with Gasteiger partial charge in [0.15, 0.2) is 0 Å². The van der Waals surface area contributed by atoms with E-state index in [9.17, 15) is 4.79 Å². The van der Waals surface area contributed by atoms with Gasteiger partial charge in [0.05, 0.1) is 0 Å². The molecule has 102 valence electrons. The first-order valence-electron chi connectivity index (χ1n) is 6.61. The third kappa shape index (κ3) is 2.37. The van der Waals surface area contributed by atoms with Crippen molar-refractivity contribution in [3.05, 3.63) is 58.6 Å². The number of nitrogens with two attached hydrogens (primary N) is 1. The van der Waals surface area contributed by atoms with E-state index in [0.29, 0.717) is 16.3 Å². The molecule has 0 spiro atoms. The van der Waals surface area contributed by atoms with Crippen molar-refractivity contribution in [3.8, 4) is 0 Å². The molecule has 4 heteroatoms. The standard InChI is InChI=1S/C16H15ClN2O/c17-13-6-3-12(4-7-13)16(20)19-9-1-2-11-5-8-14(18)10-15(11)19/h3-8,10H,1-2,9,18H2. The fraction of sp³-hybridized carbons (Fsp3) is 0.188. The van der Waals surface area contributed by atoms with Crippen LogP contribution in [0.5, 0.6) is 0 Å². The van der Waals surface area contributed by atoms with Crippen LogP contribution in [0.15, 0.2) is 42.5 Å². The lowest BCUT2D eigenvalue weighted by atomic mass is 10.00. The van der Waals surface area contributed by atoms with E-state index in [1.54, 1.807) is 29.2 Å². The van der Waals surface area contributed by atoms with Gasteiger partial charge in [0.2, 0.25) is 0 Å². The molecule has 0 aliphatic carbocycles. The molecule has 0 aromatic heterocycles. The van der Waals surface area contributed by atoms with Crippen LogP contribution in [0.25, 0.3) is 0 Å². The number of rotatable bonds is 1. The van der Waals surface area contributed by atoms with Crippen molar-refractivity contribution in [2.45, 2.75) is 12.8 Å². The molecule has 1 heterocycles. The van der Waals surface area contributed by atoms with Gasteiger partial charge in [-0.1, -0.05) is 17.7 Å². The molecule has 2 aromatic rings. The number of benzene rings is 2. The van der Waals surface area contributed by atoms with E-state index in [0.717, 1.165) is 25.1 Å². The zero-order valence-corrected chi connectivity index (χ0v) is 11.7. The Morgan fingerprint density at radius 1 is 1.15 bits per heavy atom. The Kier molecular flexibility index (Phi) is 3.36. The number of fused-ring (bicyclic) bond motifs is 1. The van der Waals surface area contributed by atoms with Crippen molar-refractivity contribution in [2.24, 2.45) is 0 Å². The Morgan fingerprint density at radius 2 is 1.90 bits per heavy atom. The highest BCUT2D eigenvalue weighted by molar-refractivity contribution is 6.30. The van der Waals surface area contributed by atoms with Crippen molar-refractivity contribution < 1.29 is 4.79 Å². The molecule has 1 aliphatic rings. The molecule has 1 amide bonds. The number of carbonyl (C=O) groups is 1. The summed E-state index contributed by atoms with van der Waals surface area (Å²) in [5.74, 6) is -0.00628. The van der Waals surface area contributed by atoms with Crippen molar-refractivity contribution in [3.63, 3.8) is 0 Å². The van der Waals surface area contributed by atoms with Gasteiger partial charge < -0.3 is 10.6 Å². The van der Waals surface area contributed by atoms with Gasteiger partial charge in [-0.25, -0.2) is 0 Å². The van der Waals surface area contributed by atoms with Gasteiger partial charge in [0.25, 0.3) is 5.91 Å². The molecule has 0 atom stereocenters. The summed E-state index contributed by atoms with van der Waals surface area (Å²) in [5, 5.41) is 0.629. The average molecular weight is 287 g/mol. The zero-order valence-electron chi connectivity index (χ0n) is 11.0. The van der Waals surface area contributed by atoms with E-state index in [1.807, 2.05) is 18.2 Å². The third-order valence-electron chi connectivity index (χ3n) is 3.56. The van der Waals surface area contributed by atoms with E-state index in [4.69, 9.17) is 17.3 Å². The fourth-order valence-electron chi connectivity index (χ4n) is 2.55. The second kappa shape index (κ2) is 5.17. The van der Waals surface area contributed by atoms with Crippen LogP contribution < -0.4 is 10.6 Å². The smallest absolute Gasteiger partial charge is 0.258 e. The zero-order chi connectivity index (χ0) is 14.1. The van der Waals surface area contributed by atoms with E-state index >= 15 is 0 Å². The lowest BCUT2D eigenvalue weighted by molar-refractivity contribution is 0.0985. The second-order valence-corrected chi connectivity index (χ2v) is 5.39. The third-order valence-corrected chi connectivity index (χ3v) is 3.82. The number of nitrogen functional groups attached to an aromatic ring is 1. The number of halogens is 1. The van der Waals surface area contributed by atoms with E-state index in [1.165, 1.54) is 5.56 Å². The van der Waals surface area contributed by atoms with E-state index in [-0.39, 0.29) is 5.91 Å². The van der Waals surface area contributed by atoms with Crippen LogP contribution in [0.1, 0.15) is 22.3 Å². The highest BCUT2D eigenvalue weighted by atomic mass is 35.5. The topological polar surface area (TPSA) is 46.3 Å². The number of anilines is 2. The maximum absolute atomic E-state index is 12.6. The molecule has 20 heavy (non-hydrogen) atoms. The Bertz CT molecular complexity index is 652. The van der Waals surface area contributed by atoms with Gasteiger partial charge in [-0.05, 0) is 54.8 Å². The van der Waals surface area contributed by atoms with Crippen LogP contribution >= 0.6 is 11.6 Å². The van der Waals surface area contributed by atoms with Crippen LogP contribution in [-0.4, -0.2) is 12.5 Å². The summed E-state index contributed by atoms with van der Waals surface area (Å²) in [5.41, 5.74) is 9.27. The van der Waals surface area contributed by atoms with Crippen molar-refractivity contribution in [1.82, 2.24) is 0 Å². The summed E-state index contributed by atoms with van der Waals surface area (Å²) in [6.45, 7) is 0.720. The normalized spacial score (nSPS) is 13.9. The first-order chi connectivity index (χ1) is 9.65. The molecule has 1 aliphatic heterocycles. The van der Waals surface area contributed by atoms with Crippen LogP contribution in [0, 0.1) is 0 Å². The molecule has 3 rings (SSSR count). The minimum absolute atomic E-state index is 0.00628. The van der Waals surface area contributed by atoms with Gasteiger partial charge in [-0.15, -0.1) is 0 Å². The van der Waals surface area contributed by atoms with Gasteiger partial charge in [-0.3, -0.25) is 4.79 Å². The van der Waals surface area contributed by atoms with Crippen LogP contribution in [-0.2, 0) is 6.42 Å². The van der Waals surface area contributed by atoms with Crippen LogP contribution in [0.4, 0.5) is 11.4 Å². The highest BCUT2D eigenvalue weighted by Crippen LogP contribution is 2.30. The van der Waals surface area contributed by atoms with Crippen LogP contribution in [0.2, 0.25) is 5.02 Å². The number of carbonyl (C=O) groups excluding carboxylic acids is 1. The summed E-state index contributed by atoms with van der Waals surface area (Å²) in [7, 11) is 0. The number of nitrogens with zero attached hydrogens (tertiary/aromatic N) is 1. The summed E-state index contributed by atoms with van der Waals surface area (Å²) in [4.78, 5) is 14.4. The molecular formula is C16H15ClN2O. The number of hydrogen-bond acceptors (Lipinski definition) is 2. The minimum atomic E-state index is -0.00628. The number of amides is 1. The van der Waals surface area contributed by atoms with Crippen molar-refractivity contribution in [2.75, 3.05) is 17.2 Å². The molecule has 3 nitrogen and oxygen atoms in total. The first kappa shape index (κ1) is 13.0. The quantitative estimate of drug-likeness (QED) is 0.816. The summed E-state index contributed by atoms with van der Waals surface area (Å²) in [6, 6.07) is 12.7. The largest absolute Gasteiger partial charge is 0.399 e. The Hall–Kier alpha value is -2.00. The highest BCUT2D eigenvalue weighted by Gasteiger charge is 2.23. The fourth-order valence-corrected chi connectivity index (χ4v) is 2.68. The molecule has 2 N–H and O–H groups in total. The molecule has 0 fully saturated rings. The predicted molar refractivity (Wildman–Crippen MR) is 82.3 cm³/mol. The Morgan fingerprint density at radius 3 is 2.65 bits per heavy atom. The lowest BCUT2D eigenvalue weighted by Gasteiger charge is -2.29. The summed E-state index contributed by atoms with van der Waals surface area (Å²) in [6.07, 6.45) is 1.95. The first-order valence-corrected chi connectivity index (χ1v) is 6.99. The molecule has 0 radical (unpaired) electrons. The average Bonchev–Trinajstić information content (AvgIpc) is 2.46. The maximum atomic E-state index is 12.6. The molecular weight excluding hydrogens is 272 g/mol. The molecule has 0 saturated heterocycles. The van der Waals surface area contributed by atoms with Crippen molar-refractivity contribution in [1.29, 1.82) is 0 Å². The van der Waals surface area contributed by atoms with E-state index in [2.05, 4.69) is 0 Å². The lowest BCUT2D eigenvalue weighted by Crippen LogP contribution is -2.35. The minimum Gasteiger partial charge on any atom is -0.399 e.